The van der Waals surface area contributed by atoms with E-state index in [0.29, 0.717) is 0 Å². The van der Waals surface area contributed by atoms with Crippen molar-refractivity contribution in [1.29, 1.82) is 10.5 Å². The van der Waals surface area contributed by atoms with Crippen LogP contribution in [0.3, 0.4) is 0 Å². The minimum absolute atomic E-state index is 0. The van der Waals surface area contributed by atoms with E-state index in [2.05, 4.69) is 74.2 Å². The molecule has 4 rings (SSSR count). The van der Waals surface area contributed by atoms with E-state index in [1.54, 1.807) is 0 Å². The van der Waals surface area contributed by atoms with Crippen LogP contribution in [0.15, 0.2) is 0 Å². The molecule has 0 aromatic heterocycles. The Kier molecular flexibility index (Phi) is 35.7. The zero-order chi connectivity index (χ0) is 25.9. The molecule has 0 saturated carbocycles. The summed E-state index contributed by atoms with van der Waals surface area (Å²) in [6, 6.07) is 0. The molecule has 0 amide bonds. The second kappa shape index (κ2) is 31.8. The molecule has 1 radical (unpaired) electrons. The van der Waals surface area contributed by atoms with Gasteiger partial charge in [-0.2, -0.15) is 0 Å². The maximum Gasteiger partial charge on any atom is 0 e. The molecule has 0 aromatic rings. The number of nitrogens with zero attached hydrogens (tertiary/aromatic N) is 6. The van der Waals surface area contributed by atoms with Crippen LogP contribution in [-0.4, -0.2) is 52.4 Å². The second-order valence-electron chi connectivity index (χ2n) is 9.60. The van der Waals surface area contributed by atoms with Crippen LogP contribution in [0.5, 0.6) is 0 Å². The SMILES string of the molecule is CC1CC[N-]CC1.CC1CC[N-]CC1.CC1CC[N-]CC1.CC1CC[N-]CC1.N#C[S-].N#C[S-].[Co]. The predicted octanol–water partition coefficient (Wildman–Crippen LogP) is 7.19. The van der Waals surface area contributed by atoms with Gasteiger partial charge in [-0.3, -0.25) is 0 Å². The molecular formula is C26H48CoN6S2-6. The summed E-state index contributed by atoms with van der Waals surface area (Å²) in [5, 5.41) is 33.8. The molecule has 4 aliphatic rings. The molecule has 4 saturated heterocycles. The summed E-state index contributed by atoms with van der Waals surface area (Å²) >= 11 is 7.40. The summed E-state index contributed by atoms with van der Waals surface area (Å²) in [4.78, 5) is 0. The van der Waals surface area contributed by atoms with Crippen molar-refractivity contribution in [1.82, 2.24) is 0 Å². The Balaban J connectivity index is -0.000000360. The summed E-state index contributed by atoms with van der Waals surface area (Å²) < 4.78 is 0. The first-order valence-corrected chi connectivity index (χ1v) is 13.8. The smallest absolute Gasteiger partial charge is 0 e. The molecule has 4 fully saturated rings. The maximum atomic E-state index is 7.13. The van der Waals surface area contributed by atoms with Gasteiger partial charge in [0.25, 0.3) is 0 Å². The van der Waals surface area contributed by atoms with Gasteiger partial charge in [0.1, 0.15) is 0 Å². The van der Waals surface area contributed by atoms with Crippen molar-refractivity contribution in [2.24, 2.45) is 23.7 Å². The Hall–Kier alpha value is -0.234. The van der Waals surface area contributed by atoms with E-state index < -0.39 is 0 Å². The summed E-state index contributed by atoms with van der Waals surface area (Å²) in [5.41, 5.74) is 0. The van der Waals surface area contributed by atoms with Gasteiger partial charge in [-0.15, -0.1) is 52.4 Å². The monoisotopic (exact) mass is 567 g/mol. The van der Waals surface area contributed by atoms with Crippen LogP contribution in [0.4, 0.5) is 0 Å². The van der Waals surface area contributed by atoms with Crippen molar-refractivity contribution in [2.75, 3.05) is 52.4 Å². The quantitative estimate of drug-likeness (QED) is 0.228. The second-order valence-corrected chi connectivity index (χ2v) is 9.96. The molecule has 0 atom stereocenters. The van der Waals surface area contributed by atoms with Crippen LogP contribution in [0.25, 0.3) is 21.3 Å². The van der Waals surface area contributed by atoms with Crippen molar-refractivity contribution in [2.45, 2.75) is 79.1 Å². The third-order valence-electron chi connectivity index (χ3n) is 6.24. The summed E-state index contributed by atoms with van der Waals surface area (Å²) in [6.45, 7) is 18.1. The number of nitriles is 2. The molecule has 0 N–H and O–H groups in total. The molecule has 0 aliphatic carbocycles. The number of thiocyanates is 2. The van der Waals surface area contributed by atoms with Crippen LogP contribution in [-0.2, 0) is 42.0 Å². The summed E-state index contributed by atoms with van der Waals surface area (Å²) in [6.07, 6.45) is 10.6. The van der Waals surface area contributed by atoms with E-state index in [0.717, 1.165) is 76.0 Å². The van der Waals surface area contributed by atoms with Gasteiger partial charge in [0, 0.05) is 16.8 Å². The van der Waals surface area contributed by atoms with E-state index in [1.165, 1.54) is 62.2 Å². The third-order valence-corrected chi connectivity index (χ3v) is 6.24. The van der Waals surface area contributed by atoms with E-state index in [9.17, 15) is 0 Å². The van der Waals surface area contributed by atoms with Crippen molar-refractivity contribution < 1.29 is 16.8 Å². The van der Waals surface area contributed by atoms with Crippen LogP contribution >= 0.6 is 0 Å². The zero-order valence-corrected chi connectivity index (χ0v) is 25.1. The maximum absolute atomic E-state index is 7.13. The average molecular weight is 568 g/mol. The van der Waals surface area contributed by atoms with Gasteiger partial charge >= 0.3 is 0 Å². The molecule has 4 aliphatic heterocycles. The Morgan fingerprint density at radius 3 is 0.629 bits per heavy atom. The van der Waals surface area contributed by atoms with Crippen LogP contribution in [0.2, 0.25) is 0 Å². The molecule has 209 valence electrons. The number of hydrogen-bond acceptors (Lipinski definition) is 4. The Morgan fingerprint density at radius 2 is 0.571 bits per heavy atom. The first kappa shape index (κ1) is 39.3. The fraction of sp³-hybridized carbons (Fsp3) is 0.923. The third kappa shape index (κ3) is 33.8. The van der Waals surface area contributed by atoms with Gasteiger partial charge in [-0.05, 0) is 23.7 Å². The fourth-order valence-corrected chi connectivity index (χ4v) is 3.52. The molecule has 0 unspecified atom stereocenters. The van der Waals surface area contributed by atoms with Crippen molar-refractivity contribution in [3.05, 3.63) is 21.3 Å². The molecule has 6 nitrogen and oxygen atoms in total. The number of hydrogen-bond donors (Lipinski definition) is 0. The van der Waals surface area contributed by atoms with Gasteiger partial charge in [-0.1, -0.05) is 89.9 Å². The molecule has 0 bridgehead atoms. The average Bonchev–Trinajstić information content (AvgIpc) is 2.83. The van der Waals surface area contributed by atoms with Gasteiger partial charge in [-0.25, -0.2) is 10.5 Å². The normalized spacial score (nSPS) is 20.6. The summed E-state index contributed by atoms with van der Waals surface area (Å²) in [7, 11) is 0. The van der Waals surface area contributed by atoms with Gasteiger partial charge in [0.2, 0.25) is 0 Å². The van der Waals surface area contributed by atoms with Crippen LogP contribution in [0.1, 0.15) is 79.1 Å². The minimum Gasteiger partial charge on any atom is -0.696 e. The van der Waals surface area contributed by atoms with Crippen molar-refractivity contribution >= 4 is 25.3 Å². The molecular weight excluding hydrogens is 519 g/mol. The Labute approximate surface area is 238 Å². The summed E-state index contributed by atoms with van der Waals surface area (Å²) in [5.74, 6) is 3.77. The molecule has 0 aromatic carbocycles. The van der Waals surface area contributed by atoms with Gasteiger partial charge < -0.3 is 46.5 Å². The van der Waals surface area contributed by atoms with Gasteiger partial charge in [0.15, 0.2) is 0 Å². The predicted molar refractivity (Wildman–Crippen MR) is 152 cm³/mol. The minimum atomic E-state index is 0. The number of piperidine rings is 4. The topological polar surface area (TPSA) is 104 Å². The standard InChI is InChI=1S/4C6H12N.2CHNS.Co/c4*1-6-2-4-7-5-3-6;2*2-1-3;/h4*6H,2-5H2,1H3;2*3H;/q4*-1;;;/p-2. The van der Waals surface area contributed by atoms with Crippen LogP contribution < -0.4 is 0 Å². The zero-order valence-electron chi connectivity index (χ0n) is 22.5. The molecule has 4 heterocycles. The Bertz CT molecular complexity index is 401. The van der Waals surface area contributed by atoms with E-state index in [-0.39, 0.29) is 16.8 Å². The largest absolute Gasteiger partial charge is 0.696 e. The Morgan fingerprint density at radius 1 is 0.457 bits per heavy atom. The van der Waals surface area contributed by atoms with Crippen LogP contribution in [0, 0.1) is 45.0 Å². The first-order valence-electron chi connectivity index (χ1n) is 13.0. The molecule has 0 spiro atoms. The van der Waals surface area contributed by atoms with E-state index in [1.807, 2.05) is 0 Å². The number of rotatable bonds is 0. The van der Waals surface area contributed by atoms with Gasteiger partial charge in [0.05, 0.1) is 0 Å². The molecule has 9 heteroatoms. The van der Waals surface area contributed by atoms with E-state index in [4.69, 9.17) is 10.5 Å². The van der Waals surface area contributed by atoms with Crippen molar-refractivity contribution in [3.8, 4) is 10.8 Å². The van der Waals surface area contributed by atoms with Crippen molar-refractivity contribution in [3.63, 3.8) is 0 Å². The molecule has 35 heavy (non-hydrogen) atoms. The fourth-order valence-electron chi connectivity index (χ4n) is 3.52. The van der Waals surface area contributed by atoms with E-state index >= 15 is 0 Å². The first-order chi connectivity index (χ1) is 16.4.